The zero-order valence-corrected chi connectivity index (χ0v) is 31.0. The van der Waals surface area contributed by atoms with Crippen LogP contribution in [0, 0.1) is 11.8 Å². The Hall–Kier alpha value is -4.03. The monoisotopic (exact) mass is 706 g/mol. The van der Waals surface area contributed by atoms with Crippen molar-refractivity contribution in [1.29, 1.82) is 0 Å². The predicted molar refractivity (Wildman–Crippen MR) is 184 cm³/mol. The third kappa shape index (κ3) is 14.4. The molecule has 14 heteroatoms. The predicted octanol–water partition coefficient (Wildman–Crippen LogP) is 0.501. The summed E-state index contributed by atoms with van der Waals surface area (Å²) < 4.78 is 21.8. The highest BCUT2D eigenvalue weighted by molar-refractivity contribution is 5.79. The number of benzene rings is 1. The normalized spacial score (nSPS) is 26.4. The van der Waals surface area contributed by atoms with Crippen LogP contribution in [0.3, 0.4) is 0 Å². The van der Waals surface area contributed by atoms with Crippen LogP contribution < -0.4 is 0 Å². The topological polar surface area (TPSA) is 142 Å². The van der Waals surface area contributed by atoms with Crippen molar-refractivity contribution < 1.29 is 66.0 Å². The van der Waals surface area contributed by atoms with Crippen LogP contribution in [0.1, 0.15) is 24.3 Å². The summed E-state index contributed by atoms with van der Waals surface area (Å²) in [6.45, 7) is 5.11. The highest BCUT2D eigenvalue weighted by atomic mass is 16.5. The first kappa shape index (κ1) is 42.1. The summed E-state index contributed by atoms with van der Waals surface area (Å²) >= 11 is 0. The van der Waals surface area contributed by atoms with Crippen LogP contribution in [-0.4, -0.2) is 188 Å². The molecule has 1 aliphatic rings. The van der Waals surface area contributed by atoms with Crippen molar-refractivity contribution in [2.24, 2.45) is 0 Å². The number of hydrogen-bond acceptors (Lipinski definition) is 9. The van der Waals surface area contributed by atoms with Crippen molar-refractivity contribution in [1.82, 2.24) is 0 Å². The number of nitrogens with zero attached hydrogens (tertiary/aromatic N) is 4. The Balaban J connectivity index is 2.20. The molecule has 278 valence electrons. The van der Waals surface area contributed by atoms with Gasteiger partial charge in [-0.05, 0) is 17.9 Å². The lowest BCUT2D eigenvalue weighted by Gasteiger charge is -2.44. The first-order valence-corrected chi connectivity index (χ1v) is 16.9. The van der Waals surface area contributed by atoms with E-state index in [-0.39, 0.29) is 55.5 Å². The number of quaternary nitrogens is 4. The molecule has 0 saturated carbocycles. The fourth-order valence-corrected chi connectivity index (χ4v) is 6.09. The zero-order valence-electron chi connectivity index (χ0n) is 31.0. The molecule has 0 spiro atoms. The highest BCUT2D eigenvalue weighted by Crippen LogP contribution is 2.23. The van der Waals surface area contributed by atoms with Gasteiger partial charge in [0.25, 0.3) is 0 Å². The first-order chi connectivity index (χ1) is 23.5. The molecule has 5 atom stereocenters. The number of carbonyl (C=O) groups is 5. The largest absolute Gasteiger partial charge is 0.477 e. The summed E-state index contributed by atoms with van der Waals surface area (Å²) in [6, 6.07) is 9.15. The van der Waals surface area contributed by atoms with Gasteiger partial charge < -0.3 is 42.0 Å². The van der Waals surface area contributed by atoms with E-state index in [1.807, 2.05) is 51.5 Å². The SMILES string of the molecule is COC(=O)C[N+]1(C)CC[N+](C)(CC#CCOC(=O)CCC(C(=O)OC)c2ccccc2)CC[N+](C)(CC(=O)O)CC[N+](C)(CC(=O)OC)CC1. The number of carboxylic acid groups (broad SMARTS) is 1. The molecule has 1 aromatic carbocycles. The van der Waals surface area contributed by atoms with Crippen molar-refractivity contribution in [2.75, 3.05) is 135 Å². The van der Waals surface area contributed by atoms with Gasteiger partial charge in [-0.3, -0.25) is 9.59 Å². The Labute approximate surface area is 296 Å². The molecule has 1 fully saturated rings. The average molecular weight is 707 g/mol. The van der Waals surface area contributed by atoms with E-state index in [9.17, 15) is 29.1 Å². The lowest BCUT2D eigenvalue weighted by Crippen LogP contribution is -2.65. The van der Waals surface area contributed by atoms with Gasteiger partial charge >= 0.3 is 29.8 Å². The van der Waals surface area contributed by atoms with E-state index >= 15 is 0 Å². The molecule has 2 rings (SSSR count). The van der Waals surface area contributed by atoms with Crippen molar-refractivity contribution in [2.45, 2.75) is 18.8 Å². The second-order valence-electron chi connectivity index (χ2n) is 14.5. The minimum atomic E-state index is -0.901. The van der Waals surface area contributed by atoms with Crippen LogP contribution in [-0.2, 0) is 42.9 Å². The molecule has 14 nitrogen and oxygen atoms in total. The Morgan fingerprint density at radius 2 is 1.12 bits per heavy atom. The quantitative estimate of drug-likeness (QED) is 0.133. The molecule has 0 amide bonds. The van der Waals surface area contributed by atoms with Crippen LogP contribution >= 0.6 is 0 Å². The Morgan fingerprint density at radius 1 is 0.660 bits per heavy atom. The van der Waals surface area contributed by atoms with Crippen LogP contribution in [0.4, 0.5) is 0 Å². The molecular formula is C36H58N4O10+4. The van der Waals surface area contributed by atoms with Crippen molar-refractivity contribution in [3.63, 3.8) is 0 Å². The maximum absolute atomic E-state index is 12.5. The minimum absolute atomic E-state index is 0.0261. The molecule has 1 aliphatic heterocycles. The smallest absolute Gasteiger partial charge is 0.361 e. The summed E-state index contributed by atoms with van der Waals surface area (Å²) in [4.78, 5) is 61.8. The average Bonchev–Trinajstić information content (AvgIpc) is 3.08. The molecule has 50 heavy (non-hydrogen) atoms. The molecule has 1 aromatic rings. The van der Waals surface area contributed by atoms with Crippen molar-refractivity contribution >= 4 is 29.8 Å². The Kier molecular flexibility index (Phi) is 16.3. The lowest BCUT2D eigenvalue weighted by atomic mass is 9.94. The highest BCUT2D eigenvalue weighted by Gasteiger charge is 2.40. The molecule has 1 heterocycles. The summed E-state index contributed by atoms with van der Waals surface area (Å²) in [5.41, 5.74) is 0.767. The van der Waals surface area contributed by atoms with Gasteiger partial charge in [-0.2, -0.15) is 0 Å². The van der Waals surface area contributed by atoms with E-state index in [1.54, 1.807) is 0 Å². The third-order valence-electron chi connectivity index (χ3n) is 9.93. The molecule has 0 radical (unpaired) electrons. The molecule has 1 N–H and O–H groups in total. The number of likely N-dealkylation sites (N-methyl/N-ethyl adjacent to an activating group) is 4. The molecule has 5 unspecified atom stereocenters. The number of hydrogen-bond donors (Lipinski definition) is 1. The van der Waals surface area contributed by atoms with E-state index in [0.29, 0.717) is 72.4 Å². The summed E-state index contributed by atoms with van der Waals surface area (Å²) in [5.74, 6) is 3.08. The fraction of sp³-hybridized carbons (Fsp3) is 0.639. The van der Waals surface area contributed by atoms with Gasteiger partial charge in [0.15, 0.2) is 26.2 Å². The van der Waals surface area contributed by atoms with Crippen LogP contribution in [0.15, 0.2) is 30.3 Å². The van der Waals surface area contributed by atoms with Gasteiger partial charge in [-0.15, -0.1) is 0 Å². The molecule has 0 aromatic heterocycles. The fourth-order valence-electron chi connectivity index (χ4n) is 6.09. The van der Waals surface area contributed by atoms with Gasteiger partial charge in [0.2, 0.25) is 0 Å². The van der Waals surface area contributed by atoms with Gasteiger partial charge in [0.1, 0.15) is 58.9 Å². The second-order valence-corrected chi connectivity index (χ2v) is 14.5. The third-order valence-corrected chi connectivity index (χ3v) is 9.93. The van der Waals surface area contributed by atoms with Gasteiger partial charge in [0.05, 0.1) is 55.4 Å². The number of ether oxygens (including phenoxy) is 4. The van der Waals surface area contributed by atoms with Crippen LogP contribution in [0.5, 0.6) is 0 Å². The maximum atomic E-state index is 12.5. The van der Waals surface area contributed by atoms with Gasteiger partial charge in [-0.25, -0.2) is 14.4 Å². The standard InChI is InChI=1S/C36H57N4O10/c1-37(17-11-12-26-50-33(43)16-15-31(36(46)49-7)30-13-9-8-10-14-30)18-20-38(2,27-32(41)42)22-23-40(4,29-35(45)48-6)25-24-39(3,21-19-37)28-34(44)47-5/h8-10,13-14,31H,15-29H2,1-7H3/q+3/p+1. The van der Waals surface area contributed by atoms with E-state index in [0.717, 1.165) is 5.56 Å². The summed E-state index contributed by atoms with van der Waals surface area (Å²) in [7, 11) is 12.0. The maximum Gasteiger partial charge on any atom is 0.361 e. The van der Waals surface area contributed by atoms with Gasteiger partial charge in [0, 0.05) is 6.42 Å². The van der Waals surface area contributed by atoms with Gasteiger partial charge in [-0.1, -0.05) is 36.3 Å². The van der Waals surface area contributed by atoms with E-state index in [1.165, 1.54) is 21.3 Å². The molecular weight excluding hydrogens is 648 g/mol. The molecule has 0 aliphatic carbocycles. The number of methoxy groups -OCH3 is 3. The van der Waals surface area contributed by atoms with Crippen molar-refractivity contribution in [3.05, 3.63) is 35.9 Å². The number of carboxylic acids is 1. The summed E-state index contributed by atoms with van der Waals surface area (Å²) in [6.07, 6.45) is 0.271. The second kappa shape index (κ2) is 19.4. The Bertz CT molecular complexity index is 1380. The minimum Gasteiger partial charge on any atom is -0.477 e. The summed E-state index contributed by atoms with van der Waals surface area (Å²) in [5, 5.41) is 9.82. The van der Waals surface area contributed by atoms with Crippen molar-refractivity contribution in [3.8, 4) is 11.8 Å². The van der Waals surface area contributed by atoms with E-state index < -0.39 is 23.8 Å². The first-order valence-electron chi connectivity index (χ1n) is 16.9. The lowest BCUT2D eigenvalue weighted by molar-refractivity contribution is -1.01. The number of esters is 4. The number of rotatable bonds is 13. The Morgan fingerprint density at radius 3 is 1.56 bits per heavy atom. The van der Waals surface area contributed by atoms with Crippen LogP contribution in [0.25, 0.3) is 0 Å². The van der Waals surface area contributed by atoms with E-state index in [4.69, 9.17) is 18.9 Å². The number of aliphatic carboxylic acids is 1. The molecule has 1 saturated heterocycles. The van der Waals surface area contributed by atoms with E-state index in [2.05, 4.69) is 18.9 Å². The number of carbonyl (C=O) groups excluding carboxylic acids is 4. The zero-order chi connectivity index (χ0) is 37.4. The van der Waals surface area contributed by atoms with Crippen LogP contribution in [0.2, 0.25) is 0 Å². The molecule has 0 bridgehead atoms.